The van der Waals surface area contributed by atoms with E-state index in [1.165, 1.54) is 75.3 Å². The number of rotatable bonds is 17. The smallest absolute Gasteiger partial charge is 0.132 e. The molecule has 1 heteroatoms. The maximum atomic E-state index is 12.0. The number of benzene rings is 2. The van der Waals surface area contributed by atoms with Gasteiger partial charge >= 0.3 is 0 Å². The number of ketones is 1. The van der Waals surface area contributed by atoms with Gasteiger partial charge in [-0.2, -0.15) is 0 Å². The van der Waals surface area contributed by atoms with Crippen molar-refractivity contribution < 1.29 is 4.79 Å². The Hall–Kier alpha value is -1.89. The highest BCUT2D eigenvalue weighted by atomic mass is 16.1. The van der Waals surface area contributed by atoms with E-state index in [2.05, 4.69) is 60.7 Å². The molecule has 0 amide bonds. The van der Waals surface area contributed by atoms with Crippen LogP contribution in [0.2, 0.25) is 0 Å². The Morgan fingerprint density at radius 3 is 1.24 bits per heavy atom. The molecule has 2 aromatic carbocycles. The summed E-state index contributed by atoms with van der Waals surface area (Å²) in [6, 6.07) is 21.5. The third-order valence-corrected chi connectivity index (χ3v) is 5.78. The molecule has 0 bridgehead atoms. The van der Waals surface area contributed by atoms with Gasteiger partial charge in [0.05, 0.1) is 0 Å². The second-order valence-corrected chi connectivity index (χ2v) is 8.40. The van der Waals surface area contributed by atoms with E-state index in [1.807, 2.05) is 0 Å². The Kier molecular flexibility index (Phi) is 12.9. The molecule has 0 aliphatic rings. The lowest BCUT2D eigenvalue weighted by Crippen LogP contribution is -1.98. The summed E-state index contributed by atoms with van der Waals surface area (Å²) in [7, 11) is 0. The van der Waals surface area contributed by atoms with Gasteiger partial charge in [-0.3, -0.25) is 4.79 Å². The van der Waals surface area contributed by atoms with Crippen molar-refractivity contribution in [2.75, 3.05) is 0 Å². The van der Waals surface area contributed by atoms with E-state index in [4.69, 9.17) is 0 Å². The summed E-state index contributed by atoms with van der Waals surface area (Å²) in [5, 5.41) is 0. The molecule has 2 aromatic rings. The number of hydrogen-bond acceptors (Lipinski definition) is 1. The number of carbonyl (C=O) groups excluding carboxylic acids is 1. The van der Waals surface area contributed by atoms with Gasteiger partial charge in [0.1, 0.15) is 5.78 Å². The standard InChI is InChI=1S/C28H40O/c29-28(25-17-9-15-23-27-21-13-8-14-22-27)24-16-6-4-2-1-3-5-10-18-26-19-11-7-12-20-26/h7-8,11-14,19-22H,1-6,9-10,15-18,23-25H2. The molecule has 0 saturated carbocycles. The molecular formula is C28H40O. The zero-order chi connectivity index (χ0) is 20.4. The SMILES string of the molecule is O=C(CCCCCCCCCCc1ccccc1)CCCCCc1ccccc1. The van der Waals surface area contributed by atoms with Crippen molar-refractivity contribution in [2.45, 2.75) is 96.3 Å². The van der Waals surface area contributed by atoms with Crippen LogP contribution in [0.15, 0.2) is 60.7 Å². The van der Waals surface area contributed by atoms with Crippen LogP contribution in [-0.2, 0) is 17.6 Å². The molecule has 0 radical (unpaired) electrons. The summed E-state index contributed by atoms with van der Waals surface area (Å²) in [5.41, 5.74) is 2.88. The number of carbonyl (C=O) groups is 1. The van der Waals surface area contributed by atoms with E-state index in [-0.39, 0.29) is 0 Å². The Morgan fingerprint density at radius 2 is 0.793 bits per heavy atom. The average Bonchev–Trinajstić information content (AvgIpc) is 2.76. The first-order chi connectivity index (χ1) is 14.3. The third-order valence-electron chi connectivity index (χ3n) is 5.78. The highest BCUT2D eigenvalue weighted by Gasteiger charge is 2.02. The molecule has 1 nitrogen and oxygen atoms in total. The Balaban J connectivity index is 1.31. The van der Waals surface area contributed by atoms with Crippen LogP contribution in [0.25, 0.3) is 0 Å². The van der Waals surface area contributed by atoms with Crippen LogP contribution in [0.1, 0.15) is 94.6 Å². The van der Waals surface area contributed by atoms with Crippen LogP contribution >= 0.6 is 0 Å². The Bertz CT molecular complexity index is 632. The number of aryl methyl sites for hydroxylation is 2. The minimum atomic E-state index is 0.477. The maximum Gasteiger partial charge on any atom is 0.132 e. The molecule has 0 fully saturated rings. The molecule has 0 aromatic heterocycles. The fraction of sp³-hybridized carbons (Fsp3) is 0.536. The van der Waals surface area contributed by atoms with Crippen molar-refractivity contribution in [3.63, 3.8) is 0 Å². The van der Waals surface area contributed by atoms with Crippen molar-refractivity contribution in [3.8, 4) is 0 Å². The first-order valence-electron chi connectivity index (χ1n) is 11.9. The van der Waals surface area contributed by atoms with Crippen LogP contribution in [0, 0.1) is 0 Å². The summed E-state index contributed by atoms with van der Waals surface area (Å²) >= 11 is 0. The molecule has 0 heterocycles. The third kappa shape index (κ3) is 12.3. The molecule has 29 heavy (non-hydrogen) atoms. The lowest BCUT2D eigenvalue weighted by atomic mass is 10.0. The maximum absolute atomic E-state index is 12.0. The minimum Gasteiger partial charge on any atom is -0.300 e. The number of Topliss-reactive ketones (excluding diaryl/α,β-unsaturated/α-hetero) is 1. The molecular weight excluding hydrogens is 352 g/mol. The Labute approximate surface area is 178 Å². The van der Waals surface area contributed by atoms with Crippen molar-refractivity contribution >= 4 is 5.78 Å². The second-order valence-electron chi connectivity index (χ2n) is 8.40. The number of hydrogen-bond donors (Lipinski definition) is 0. The van der Waals surface area contributed by atoms with Crippen LogP contribution in [0.3, 0.4) is 0 Å². The molecule has 0 unspecified atom stereocenters. The Morgan fingerprint density at radius 1 is 0.448 bits per heavy atom. The van der Waals surface area contributed by atoms with Crippen LogP contribution < -0.4 is 0 Å². The molecule has 2 rings (SSSR count). The van der Waals surface area contributed by atoms with Gasteiger partial charge in [0, 0.05) is 12.8 Å². The molecule has 0 aliphatic heterocycles. The molecule has 0 atom stereocenters. The van der Waals surface area contributed by atoms with Crippen molar-refractivity contribution in [2.24, 2.45) is 0 Å². The van der Waals surface area contributed by atoms with Gasteiger partial charge < -0.3 is 0 Å². The predicted octanol–water partition coefficient (Wildman–Crippen LogP) is 8.11. The van der Waals surface area contributed by atoms with E-state index < -0.39 is 0 Å². The topological polar surface area (TPSA) is 17.1 Å². The predicted molar refractivity (Wildman–Crippen MR) is 125 cm³/mol. The van der Waals surface area contributed by atoms with E-state index in [0.717, 1.165) is 32.1 Å². The summed E-state index contributed by atoms with van der Waals surface area (Å²) in [6.45, 7) is 0. The largest absolute Gasteiger partial charge is 0.300 e. The summed E-state index contributed by atoms with van der Waals surface area (Å²) in [6.07, 6.45) is 17.7. The van der Waals surface area contributed by atoms with Crippen LogP contribution in [-0.4, -0.2) is 5.78 Å². The first kappa shape index (κ1) is 23.4. The monoisotopic (exact) mass is 392 g/mol. The van der Waals surface area contributed by atoms with Crippen LogP contribution in [0.5, 0.6) is 0 Å². The van der Waals surface area contributed by atoms with Gasteiger partial charge in [0.2, 0.25) is 0 Å². The van der Waals surface area contributed by atoms with Gasteiger partial charge in [0.15, 0.2) is 0 Å². The van der Waals surface area contributed by atoms with Gasteiger partial charge in [0.25, 0.3) is 0 Å². The van der Waals surface area contributed by atoms with Gasteiger partial charge in [-0.05, 0) is 49.7 Å². The molecule has 158 valence electrons. The quantitative estimate of drug-likeness (QED) is 0.248. The highest BCUT2D eigenvalue weighted by molar-refractivity contribution is 5.78. The lowest BCUT2D eigenvalue weighted by Gasteiger charge is -2.04. The van der Waals surface area contributed by atoms with Gasteiger partial charge in [-0.25, -0.2) is 0 Å². The van der Waals surface area contributed by atoms with E-state index in [0.29, 0.717) is 5.78 Å². The van der Waals surface area contributed by atoms with E-state index >= 15 is 0 Å². The van der Waals surface area contributed by atoms with Gasteiger partial charge in [-0.15, -0.1) is 0 Å². The minimum absolute atomic E-state index is 0.477. The summed E-state index contributed by atoms with van der Waals surface area (Å²) in [4.78, 5) is 12.0. The normalized spacial score (nSPS) is 10.9. The first-order valence-corrected chi connectivity index (χ1v) is 11.9. The lowest BCUT2D eigenvalue weighted by molar-refractivity contribution is -0.119. The fourth-order valence-electron chi connectivity index (χ4n) is 3.95. The van der Waals surface area contributed by atoms with Crippen molar-refractivity contribution in [1.82, 2.24) is 0 Å². The van der Waals surface area contributed by atoms with Crippen molar-refractivity contribution in [3.05, 3.63) is 71.8 Å². The van der Waals surface area contributed by atoms with Crippen molar-refractivity contribution in [1.29, 1.82) is 0 Å². The molecule has 0 aliphatic carbocycles. The zero-order valence-corrected chi connectivity index (χ0v) is 18.3. The number of unbranched alkanes of at least 4 members (excludes halogenated alkanes) is 9. The zero-order valence-electron chi connectivity index (χ0n) is 18.3. The van der Waals surface area contributed by atoms with E-state index in [1.54, 1.807) is 0 Å². The second kappa shape index (κ2) is 16.0. The molecule has 0 spiro atoms. The van der Waals surface area contributed by atoms with E-state index in [9.17, 15) is 4.79 Å². The molecule has 0 N–H and O–H groups in total. The molecule has 0 saturated heterocycles. The summed E-state index contributed by atoms with van der Waals surface area (Å²) < 4.78 is 0. The highest BCUT2D eigenvalue weighted by Crippen LogP contribution is 2.13. The van der Waals surface area contributed by atoms with Crippen LogP contribution in [0.4, 0.5) is 0 Å². The summed E-state index contributed by atoms with van der Waals surface area (Å²) in [5.74, 6) is 0.477. The fourth-order valence-corrected chi connectivity index (χ4v) is 3.95. The van der Waals surface area contributed by atoms with Gasteiger partial charge in [-0.1, -0.05) is 106 Å². The average molecular weight is 393 g/mol.